The molecule has 2 rings (SSSR count). The summed E-state index contributed by atoms with van der Waals surface area (Å²) in [7, 11) is 0. The third-order valence-electron chi connectivity index (χ3n) is 2.85. The second-order valence-electron chi connectivity index (χ2n) is 4.48. The minimum absolute atomic E-state index is 0.318. The van der Waals surface area contributed by atoms with Crippen LogP contribution in [0.15, 0.2) is 39.3 Å². The Kier molecular flexibility index (Phi) is 4.83. The van der Waals surface area contributed by atoms with Gasteiger partial charge in [-0.2, -0.15) is 0 Å². The van der Waals surface area contributed by atoms with Gasteiger partial charge in [-0.3, -0.25) is 0 Å². The van der Waals surface area contributed by atoms with Crippen LogP contribution in [-0.2, 0) is 0 Å². The first-order chi connectivity index (χ1) is 9.38. The van der Waals surface area contributed by atoms with E-state index < -0.39 is 0 Å². The standard InChI is InChI=1S/C15H13Br2NOS/c1-8-5-11(6-9(2)14(8)17)19-13-7-10(16)3-4-12(13)15(18)20/h3-7H,1-2H3,(H2,18,20). The highest BCUT2D eigenvalue weighted by Crippen LogP contribution is 2.32. The topological polar surface area (TPSA) is 35.2 Å². The molecule has 0 heterocycles. The lowest BCUT2D eigenvalue weighted by Crippen LogP contribution is -2.10. The van der Waals surface area contributed by atoms with Gasteiger partial charge in [-0.05, 0) is 55.3 Å². The third-order valence-corrected chi connectivity index (χ3v) is 4.81. The van der Waals surface area contributed by atoms with Gasteiger partial charge < -0.3 is 10.5 Å². The highest BCUT2D eigenvalue weighted by atomic mass is 79.9. The van der Waals surface area contributed by atoms with Crippen LogP contribution in [0, 0.1) is 13.8 Å². The Balaban J connectivity index is 2.44. The molecule has 0 aliphatic heterocycles. The third kappa shape index (κ3) is 3.40. The van der Waals surface area contributed by atoms with Crippen molar-refractivity contribution in [3.8, 4) is 11.5 Å². The number of hydrogen-bond acceptors (Lipinski definition) is 2. The van der Waals surface area contributed by atoms with E-state index in [1.54, 1.807) is 0 Å². The van der Waals surface area contributed by atoms with Crippen LogP contribution in [0.2, 0.25) is 0 Å². The molecular weight excluding hydrogens is 402 g/mol. The Morgan fingerprint density at radius 1 is 1.10 bits per heavy atom. The largest absolute Gasteiger partial charge is 0.457 e. The molecule has 2 aromatic rings. The minimum Gasteiger partial charge on any atom is -0.457 e. The van der Waals surface area contributed by atoms with Crippen LogP contribution in [0.4, 0.5) is 0 Å². The summed E-state index contributed by atoms with van der Waals surface area (Å²) in [6.07, 6.45) is 0. The average molecular weight is 415 g/mol. The average Bonchev–Trinajstić information content (AvgIpc) is 2.35. The number of hydrogen-bond donors (Lipinski definition) is 1. The van der Waals surface area contributed by atoms with Crippen molar-refractivity contribution in [2.24, 2.45) is 5.73 Å². The lowest BCUT2D eigenvalue weighted by molar-refractivity contribution is 0.480. The lowest BCUT2D eigenvalue weighted by Gasteiger charge is -2.13. The van der Waals surface area contributed by atoms with Crippen LogP contribution in [0.5, 0.6) is 11.5 Å². The van der Waals surface area contributed by atoms with Crippen LogP contribution in [0.1, 0.15) is 16.7 Å². The number of ether oxygens (including phenoxy) is 1. The molecule has 104 valence electrons. The first kappa shape index (κ1) is 15.5. The zero-order valence-corrected chi connectivity index (χ0v) is 15.0. The molecule has 0 atom stereocenters. The molecule has 20 heavy (non-hydrogen) atoms. The molecule has 0 saturated carbocycles. The first-order valence-electron chi connectivity index (χ1n) is 5.92. The molecule has 0 unspecified atom stereocenters. The van der Waals surface area contributed by atoms with E-state index in [1.807, 2.05) is 44.2 Å². The van der Waals surface area contributed by atoms with Crippen molar-refractivity contribution in [2.75, 3.05) is 0 Å². The molecule has 0 bridgehead atoms. The highest BCUT2D eigenvalue weighted by Gasteiger charge is 2.10. The number of aryl methyl sites for hydroxylation is 2. The summed E-state index contributed by atoms with van der Waals surface area (Å²) in [4.78, 5) is 0.318. The predicted octanol–water partition coefficient (Wildman–Crippen LogP) is 5.25. The molecule has 2 aromatic carbocycles. The van der Waals surface area contributed by atoms with Gasteiger partial charge in [0.15, 0.2) is 0 Å². The fourth-order valence-electron chi connectivity index (χ4n) is 1.88. The van der Waals surface area contributed by atoms with Gasteiger partial charge in [-0.25, -0.2) is 0 Å². The highest BCUT2D eigenvalue weighted by molar-refractivity contribution is 9.10. The summed E-state index contributed by atoms with van der Waals surface area (Å²) < 4.78 is 7.96. The zero-order valence-electron chi connectivity index (χ0n) is 11.0. The summed E-state index contributed by atoms with van der Waals surface area (Å²) in [6.45, 7) is 4.05. The van der Waals surface area contributed by atoms with Gasteiger partial charge in [0.2, 0.25) is 0 Å². The summed E-state index contributed by atoms with van der Waals surface area (Å²) in [6, 6.07) is 9.55. The summed E-state index contributed by atoms with van der Waals surface area (Å²) in [5, 5.41) is 0. The van der Waals surface area contributed by atoms with Gasteiger partial charge in [-0.15, -0.1) is 0 Å². The van der Waals surface area contributed by atoms with Crippen LogP contribution in [0.3, 0.4) is 0 Å². The number of benzene rings is 2. The van der Waals surface area contributed by atoms with E-state index in [1.165, 1.54) is 0 Å². The van der Waals surface area contributed by atoms with Crippen molar-refractivity contribution in [2.45, 2.75) is 13.8 Å². The quantitative estimate of drug-likeness (QED) is 0.696. The van der Waals surface area contributed by atoms with Crippen molar-refractivity contribution >= 4 is 49.1 Å². The molecule has 0 amide bonds. The Hall–Kier alpha value is -0.910. The molecule has 0 spiro atoms. The summed E-state index contributed by atoms with van der Waals surface area (Å²) in [5.41, 5.74) is 8.69. The van der Waals surface area contributed by atoms with E-state index in [9.17, 15) is 0 Å². The van der Waals surface area contributed by atoms with Crippen molar-refractivity contribution in [3.05, 3.63) is 56.0 Å². The number of nitrogens with two attached hydrogens (primary N) is 1. The number of thiocarbonyl (C=S) groups is 1. The molecule has 0 radical (unpaired) electrons. The van der Waals surface area contributed by atoms with Gasteiger partial charge in [0.05, 0.1) is 5.56 Å². The smallest absolute Gasteiger partial charge is 0.138 e. The second-order valence-corrected chi connectivity index (χ2v) is 6.63. The van der Waals surface area contributed by atoms with Gasteiger partial charge in [0.25, 0.3) is 0 Å². The van der Waals surface area contributed by atoms with Gasteiger partial charge in [0.1, 0.15) is 16.5 Å². The zero-order chi connectivity index (χ0) is 14.9. The van der Waals surface area contributed by atoms with Crippen molar-refractivity contribution in [1.29, 1.82) is 0 Å². The molecule has 0 saturated heterocycles. The van der Waals surface area contributed by atoms with E-state index in [2.05, 4.69) is 31.9 Å². The van der Waals surface area contributed by atoms with Gasteiger partial charge in [0, 0.05) is 8.95 Å². The molecular formula is C15H13Br2NOS. The van der Waals surface area contributed by atoms with E-state index in [0.717, 1.165) is 31.4 Å². The molecule has 2 N–H and O–H groups in total. The Morgan fingerprint density at radius 2 is 1.70 bits per heavy atom. The molecule has 0 aromatic heterocycles. The van der Waals surface area contributed by atoms with Gasteiger partial charge in [-0.1, -0.05) is 44.1 Å². The number of halogens is 2. The van der Waals surface area contributed by atoms with Crippen molar-refractivity contribution in [1.82, 2.24) is 0 Å². The van der Waals surface area contributed by atoms with Crippen molar-refractivity contribution < 1.29 is 4.74 Å². The van der Waals surface area contributed by atoms with E-state index in [4.69, 9.17) is 22.7 Å². The fourth-order valence-corrected chi connectivity index (χ4v) is 2.61. The molecule has 0 fully saturated rings. The first-order valence-corrected chi connectivity index (χ1v) is 7.92. The SMILES string of the molecule is Cc1cc(Oc2cc(Br)ccc2C(N)=S)cc(C)c1Br. The Labute approximate surface area is 140 Å². The molecule has 0 aliphatic carbocycles. The fraction of sp³-hybridized carbons (Fsp3) is 0.133. The maximum absolute atomic E-state index is 5.95. The maximum atomic E-state index is 5.95. The lowest BCUT2D eigenvalue weighted by atomic mass is 10.1. The van der Waals surface area contributed by atoms with E-state index >= 15 is 0 Å². The van der Waals surface area contributed by atoms with Crippen LogP contribution in [-0.4, -0.2) is 4.99 Å². The van der Waals surface area contributed by atoms with Crippen LogP contribution >= 0.6 is 44.1 Å². The second kappa shape index (κ2) is 6.24. The minimum atomic E-state index is 0.318. The maximum Gasteiger partial charge on any atom is 0.138 e. The Bertz CT molecular complexity index is 663. The molecule has 0 aliphatic rings. The number of rotatable bonds is 3. The van der Waals surface area contributed by atoms with E-state index in [0.29, 0.717) is 10.7 Å². The van der Waals surface area contributed by atoms with Crippen LogP contribution in [0.25, 0.3) is 0 Å². The normalized spacial score (nSPS) is 10.4. The molecule has 5 heteroatoms. The summed E-state index contributed by atoms with van der Waals surface area (Å²) in [5.74, 6) is 1.41. The predicted molar refractivity (Wildman–Crippen MR) is 93.7 cm³/mol. The summed E-state index contributed by atoms with van der Waals surface area (Å²) >= 11 is 12.0. The van der Waals surface area contributed by atoms with E-state index in [-0.39, 0.29) is 0 Å². The Morgan fingerprint density at radius 3 is 2.25 bits per heavy atom. The van der Waals surface area contributed by atoms with Gasteiger partial charge >= 0.3 is 0 Å². The molecule has 2 nitrogen and oxygen atoms in total. The van der Waals surface area contributed by atoms with Crippen LogP contribution < -0.4 is 10.5 Å². The monoisotopic (exact) mass is 413 g/mol. The van der Waals surface area contributed by atoms with Crippen molar-refractivity contribution in [3.63, 3.8) is 0 Å².